The SMILES string of the molecule is CCC.CCCCN(C)C(C)=O. The second-order valence-electron chi connectivity index (χ2n) is 3.00. The predicted octanol–water partition coefficient (Wildman–Crippen LogP) is 2.68. The average molecular weight is 173 g/mol. The minimum Gasteiger partial charge on any atom is -0.346 e. The van der Waals surface area contributed by atoms with Crippen LogP contribution in [0.3, 0.4) is 0 Å². The van der Waals surface area contributed by atoms with E-state index in [2.05, 4.69) is 20.8 Å². The predicted molar refractivity (Wildman–Crippen MR) is 54.2 cm³/mol. The first kappa shape index (κ1) is 14.0. The fourth-order valence-electron chi connectivity index (χ4n) is 0.553. The second-order valence-corrected chi connectivity index (χ2v) is 3.00. The minimum absolute atomic E-state index is 0.156. The zero-order chi connectivity index (χ0) is 9.98. The molecule has 0 fully saturated rings. The molecule has 0 aromatic heterocycles. The summed E-state index contributed by atoms with van der Waals surface area (Å²) in [6.45, 7) is 8.86. The number of nitrogens with zero attached hydrogens (tertiary/aromatic N) is 1. The van der Waals surface area contributed by atoms with Gasteiger partial charge in [-0.25, -0.2) is 0 Å². The first-order valence-corrected chi connectivity index (χ1v) is 4.81. The second kappa shape index (κ2) is 10.5. The molecule has 0 aliphatic carbocycles. The zero-order valence-corrected chi connectivity index (χ0v) is 9.18. The fraction of sp³-hybridized carbons (Fsp3) is 0.900. The lowest BCUT2D eigenvalue weighted by Crippen LogP contribution is -2.24. The maximum Gasteiger partial charge on any atom is 0.219 e. The number of carbonyl (C=O) groups is 1. The molecule has 0 atom stereocenters. The summed E-state index contributed by atoms with van der Waals surface area (Å²) in [6.07, 6.45) is 3.51. The Bertz CT molecular complexity index is 102. The van der Waals surface area contributed by atoms with Gasteiger partial charge in [0.25, 0.3) is 0 Å². The van der Waals surface area contributed by atoms with Gasteiger partial charge in [-0.2, -0.15) is 0 Å². The van der Waals surface area contributed by atoms with Crippen molar-refractivity contribution >= 4 is 5.91 Å². The molecule has 12 heavy (non-hydrogen) atoms. The molecule has 0 unspecified atom stereocenters. The third kappa shape index (κ3) is 12.2. The molecule has 0 saturated heterocycles. The summed E-state index contributed by atoms with van der Waals surface area (Å²) in [5.41, 5.74) is 0. The van der Waals surface area contributed by atoms with Crippen LogP contribution in [-0.2, 0) is 4.79 Å². The van der Waals surface area contributed by atoms with Gasteiger partial charge in [0.15, 0.2) is 0 Å². The third-order valence-corrected chi connectivity index (χ3v) is 1.38. The Labute approximate surface area is 77.0 Å². The van der Waals surface area contributed by atoms with Crippen LogP contribution in [0.15, 0.2) is 0 Å². The summed E-state index contributed by atoms with van der Waals surface area (Å²) in [4.78, 5) is 12.3. The Morgan fingerprint density at radius 1 is 1.25 bits per heavy atom. The molecule has 0 heterocycles. The Morgan fingerprint density at radius 2 is 1.67 bits per heavy atom. The van der Waals surface area contributed by atoms with Crippen molar-refractivity contribution in [3.8, 4) is 0 Å². The quantitative estimate of drug-likeness (QED) is 0.642. The van der Waals surface area contributed by atoms with Crippen LogP contribution in [0.5, 0.6) is 0 Å². The maximum absolute atomic E-state index is 10.6. The molecule has 0 aliphatic rings. The molecule has 0 aromatic carbocycles. The molecule has 0 saturated carbocycles. The van der Waals surface area contributed by atoms with Gasteiger partial charge in [-0.3, -0.25) is 4.79 Å². The average Bonchev–Trinajstić information content (AvgIpc) is 2.01. The molecule has 0 N–H and O–H groups in total. The fourth-order valence-corrected chi connectivity index (χ4v) is 0.553. The van der Waals surface area contributed by atoms with E-state index >= 15 is 0 Å². The molecular weight excluding hydrogens is 150 g/mol. The van der Waals surface area contributed by atoms with Gasteiger partial charge in [0.1, 0.15) is 0 Å². The van der Waals surface area contributed by atoms with Crippen molar-refractivity contribution in [1.29, 1.82) is 0 Å². The van der Waals surface area contributed by atoms with E-state index in [1.54, 1.807) is 11.8 Å². The van der Waals surface area contributed by atoms with Crippen LogP contribution in [0, 0.1) is 0 Å². The van der Waals surface area contributed by atoms with Crippen LogP contribution in [0.4, 0.5) is 0 Å². The van der Waals surface area contributed by atoms with E-state index < -0.39 is 0 Å². The van der Waals surface area contributed by atoms with E-state index in [-0.39, 0.29) is 5.91 Å². The molecule has 0 aliphatic heterocycles. The van der Waals surface area contributed by atoms with Crippen molar-refractivity contribution in [2.24, 2.45) is 0 Å². The highest BCUT2D eigenvalue weighted by Crippen LogP contribution is 1.90. The maximum atomic E-state index is 10.6. The first-order valence-electron chi connectivity index (χ1n) is 4.81. The molecule has 74 valence electrons. The Balaban J connectivity index is 0. The van der Waals surface area contributed by atoms with Crippen LogP contribution in [0.2, 0.25) is 0 Å². The molecule has 0 aromatic rings. The summed E-state index contributed by atoms with van der Waals surface area (Å²) < 4.78 is 0. The van der Waals surface area contributed by atoms with E-state index in [1.165, 1.54) is 6.42 Å². The van der Waals surface area contributed by atoms with Gasteiger partial charge in [-0.15, -0.1) is 0 Å². The minimum atomic E-state index is 0.156. The molecule has 2 nitrogen and oxygen atoms in total. The Morgan fingerprint density at radius 3 is 1.92 bits per heavy atom. The standard InChI is InChI=1S/C7H15NO.C3H8/c1-4-5-6-8(3)7(2)9;1-3-2/h4-6H2,1-3H3;3H2,1-2H3. The third-order valence-electron chi connectivity index (χ3n) is 1.38. The van der Waals surface area contributed by atoms with Crippen LogP contribution in [0.1, 0.15) is 47.0 Å². The van der Waals surface area contributed by atoms with Gasteiger partial charge < -0.3 is 4.90 Å². The van der Waals surface area contributed by atoms with Crippen LogP contribution < -0.4 is 0 Å². The normalized spacial score (nSPS) is 8.42. The monoisotopic (exact) mass is 173 g/mol. The number of rotatable bonds is 3. The Hall–Kier alpha value is -0.530. The first-order chi connectivity index (χ1) is 5.59. The molecule has 2 heteroatoms. The number of hydrogen-bond acceptors (Lipinski definition) is 1. The summed E-state index contributed by atoms with van der Waals surface area (Å²) >= 11 is 0. The number of hydrogen-bond donors (Lipinski definition) is 0. The largest absolute Gasteiger partial charge is 0.346 e. The molecule has 0 rings (SSSR count). The lowest BCUT2D eigenvalue weighted by Gasteiger charge is -2.12. The highest BCUT2D eigenvalue weighted by atomic mass is 16.2. The van der Waals surface area contributed by atoms with E-state index in [0.717, 1.165) is 19.4 Å². The lowest BCUT2D eigenvalue weighted by atomic mass is 10.3. The number of carbonyl (C=O) groups excluding carboxylic acids is 1. The van der Waals surface area contributed by atoms with Crippen molar-refractivity contribution in [2.75, 3.05) is 13.6 Å². The number of unbranched alkanes of at least 4 members (excludes halogenated alkanes) is 1. The molecule has 1 amide bonds. The zero-order valence-electron chi connectivity index (χ0n) is 9.18. The van der Waals surface area contributed by atoms with E-state index in [4.69, 9.17) is 0 Å². The summed E-state index contributed by atoms with van der Waals surface area (Å²) in [7, 11) is 1.83. The van der Waals surface area contributed by atoms with Gasteiger partial charge in [-0.05, 0) is 6.42 Å². The summed E-state index contributed by atoms with van der Waals surface area (Å²) in [5.74, 6) is 0.156. The van der Waals surface area contributed by atoms with Crippen LogP contribution >= 0.6 is 0 Å². The van der Waals surface area contributed by atoms with E-state index in [0.29, 0.717) is 0 Å². The molecule has 0 bridgehead atoms. The van der Waals surface area contributed by atoms with Crippen molar-refractivity contribution in [3.63, 3.8) is 0 Å². The van der Waals surface area contributed by atoms with Crippen LogP contribution in [-0.4, -0.2) is 24.4 Å². The molecule has 0 spiro atoms. The number of amides is 1. The highest BCUT2D eigenvalue weighted by Gasteiger charge is 1.98. The summed E-state index contributed by atoms with van der Waals surface area (Å²) in [6, 6.07) is 0. The van der Waals surface area contributed by atoms with Gasteiger partial charge in [0.2, 0.25) is 5.91 Å². The topological polar surface area (TPSA) is 20.3 Å². The lowest BCUT2D eigenvalue weighted by molar-refractivity contribution is -0.127. The van der Waals surface area contributed by atoms with Crippen molar-refractivity contribution in [1.82, 2.24) is 4.90 Å². The molecule has 0 radical (unpaired) electrons. The smallest absolute Gasteiger partial charge is 0.219 e. The van der Waals surface area contributed by atoms with Gasteiger partial charge in [0, 0.05) is 20.5 Å². The Kier molecular flexibility index (Phi) is 12.2. The van der Waals surface area contributed by atoms with Crippen molar-refractivity contribution in [3.05, 3.63) is 0 Å². The van der Waals surface area contributed by atoms with Crippen molar-refractivity contribution in [2.45, 2.75) is 47.0 Å². The highest BCUT2D eigenvalue weighted by molar-refractivity contribution is 5.72. The molecular formula is C10H23NO. The van der Waals surface area contributed by atoms with Gasteiger partial charge in [-0.1, -0.05) is 33.6 Å². The van der Waals surface area contributed by atoms with Crippen molar-refractivity contribution < 1.29 is 4.79 Å². The summed E-state index contributed by atoms with van der Waals surface area (Å²) in [5, 5.41) is 0. The van der Waals surface area contributed by atoms with Gasteiger partial charge in [0.05, 0.1) is 0 Å². The van der Waals surface area contributed by atoms with E-state index in [9.17, 15) is 4.79 Å². The van der Waals surface area contributed by atoms with Crippen LogP contribution in [0.25, 0.3) is 0 Å². The van der Waals surface area contributed by atoms with Gasteiger partial charge >= 0.3 is 0 Å². The van der Waals surface area contributed by atoms with E-state index in [1.807, 2.05) is 7.05 Å².